The van der Waals surface area contributed by atoms with Gasteiger partial charge in [0.1, 0.15) is 0 Å². The Morgan fingerprint density at radius 3 is 1.00 bits per heavy atom. The lowest BCUT2D eigenvalue weighted by molar-refractivity contribution is -0.436. The van der Waals surface area contributed by atoms with E-state index in [4.69, 9.17) is 0 Å². The fourth-order valence-corrected chi connectivity index (χ4v) is 4.40. The summed E-state index contributed by atoms with van der Waals surface area (Å²) in [4.78, 5) is 0. The molecule has 0 fully saturated rings. The van der Waals surface area contributed by atoms with E-state index in [0.717, 1.165) is 20.8 Å². The Labute approximate surface area is 156 Å². The maximum atomic E-state index is 14.4. The Morgan fingerprint density at radius 1 is 0.483 bits per heavy atom. The molecule has 0 aromatic carbocycles. The zero-order chi connectivity index (χ0) is 23.7. The van der Waals surface area contributed by atoms with Gasteiger partial charge in [-0.1, -0.05) is 0 Å². The first-order valence-corrected chi connectivity index (χ1v) is 9.28. The molecule has 0 N–H and O–H groups in total. The van der Waals surface area contributed by atoms with Crippen LogP contribution in [0.1, 0.15) is 20.8 Å². The van der Waals surface area contributed by atoms with E-state index in [2.05, 4.69) is 13.3 Å². The lowest BCUT2D eigenvalue weighted by atomic mass is 9.98. The third-order valence-corrected chi connectivity index (χ3v) is 6.41. The molecule has 176 valence electrons. The second kappa shape index (κ2) is 8.37. The molecule has 0 aliphatic heterocycles. The molecular formula is C12H15F13O3Si. The van der Waals surface area contributed by atoms with Crippen LogP contribution in [0, 0.1) is 0 Å². The van der Waals surface area contributed by atoms with Gasteiger partial charge in [-0.25, -0.2) is 0 Å². The van der Waals surface area contributed by atoms with Crippen molar-refractivity contribution in [1.82, 2.24) is 0 Å². The summed E-state index contributed by atoms with van der Waals surface area (Å²) in [5, 5.41) is 0. The fourth-order valence-electron chi connectivity index (χ4n) is 1.93. The standard InChI is InChI=1S/C12H15F13O3Si/c1-4-26-29(27-5-2,28-6-3)12(24,25)10(19,20)8(15,16)7(13,14)9(17,18)11(21,22)23/h4-6H2,1-3H3. The normalized spacial score (nSPS) is 15.7. The smallest absolute Gasteiger partial charge is 0.370 e. The van der Waals surface area contributed by atoms with Crippen molar-refractivity contribution in [2.45, 2.75) is 56.2 Å². The second-order valence-electron chi connectivity index (χ2n) is 5.22. The molecule has 0 aromatic heterocycles. The molecule has 17 heteroatoms. The predicted molar refractivity (Wildman–Crippen MR) is 71.4 cm³/mol. The minimum atomic E-state index is -7.99. The Hall–Kier alpha value is -0.813. The summed E-state index contributed by atoms with van der Waals surface area (Å²) in [5.74, 6) is -31.2. The van der Waals surface area contributed by atoms with Gasteiger partial charge in [-0.05, 0) is 20.8 Å². The van der Waals surface area contributed by atoms with Crippen LogP contribution in [-0.2, 0) is 13.3 Å². The van der Waals surface area contributed by atoms with E-state index >= 15 is 0 Å². The molecule has 0 aliphatic rings. The molecule has 0 aromatic rings. The van der Waals surface area contributed by atoms with Gasteiger partial charge < -0.3 is 13.3 Å². The minimum absolute atomic E-state index is 0.860. The predicted octanol–water partition coefficient (Wildman–Crippen LogP) is 5.31. The average molecular weight is 482 g/mol. The van der Waals surface area contributed by atoms with Crippen LogP contribution in [-0.4, -0.2) is 64.0 Å². The van der Waals surface area contributed by atoms with E-state index < -0.39 is 64.0 Å². The third-order valence-electron chi connectivity index (χ3n) is 3.32. The van der Waals surface area contributed by atoms with E-state index in [1.54, 1.807) is 0 Å². The molecule has 0 spiro atoms. The first kappa shape index (κ1) is 28.2. The summed E-state index contributed by atoms with van der Waals surface area (Å²) in [7, 11) is -6.37. The molecule has 29 heavy (non-hydrogen) atoms. The van der Waals surface area contributed by atoms with Gasteiger partial charge >= 0.3 is 44.2 Å². The van der Waals surface area contributed by atoms with E-state index in [1.807, 2.05) is 0 Å². The maximum Gasteiger partial charge on any atom is 0.582 e. The molecule has 0 radical (unpaired) electrons. The van der Waals surface area contributed by atoms with Gasteiger partial charge in [0.15, 0.2) is 0 Å². The summed E-state index contributed by atoms with van der Waals surface area (Å²) in [6, 6.07) is 0. The summed E-state index contributed by atoms with van der Waals surface area (Å²) >= 11 is 0. The molecule has 3 nitrogen and oxygen atoms in total. The van der Waals surface area contributed by atoms with Crippen LogP contribution < -0.4 is 0 Å². The van der Waals surface area contributed by atoms with E-state index in [1.165, 1.54) is 0 Å². The van der Waals surface area contributed by atoms with Gasteiger partial charge in [-0.15, -0.1) is 0 Å². The van der Waals surface area contributed by atoms with Gasteiger partial charge in [0, 0.05) is 19.8 Å². The molecule has 0 atom stereocenters. The first-order chi connectivity index (χ1) is 12.7. The van der Waals surface area contributed by atoms with Crippen molar-refractivity contribution >= 4 is 8.80 Å². The van der Waals surface area contributed by atoms with Gasteiger partial charge in [0.25, 0.3) is 0 Å². The molecule has 0 bridgehead atoms. The summed E-state index contributed by atoms with van der Waals surface area (Å²) in [5.41, 5.74) is -6.55. The summed E-state index contributed by atoms with van der Waals surface area (Å²) in [6.07, 6.45) is -7.47. The fraction of sp³-hybridized carbons (Fsp3) is 1.00. The maximum absolute atomic E-state index is 14.4. The largest absolute Gasteiger partial charge is 0.582 e. The highest BCUT2D eigenvalue weighted by molar-refractivity contribution is 6.63. The van der Waals surface area contributed by atoms with Crippen molar-refractivity contribution in [2.24, 2.45) is 0 Å². The number of halogens is 13. The first-order valence-electron chi connectivity index (χ1n) is 7.56. The highest BCUT2D eigenvalue weighted by atomic mass is 28.4. The van der Waals surface area contributed by atoms with Crippen molar-refractivity contribution in [2.75, 3.05) is 19.8 Å². The zero-order valence-electron chi connectivity index (χ0n) is 14.8. The molecule has 0 amide bonds. The van der Waals surface area contributed by atoms with Gasteiger partial charge in [0.2, 0.25) is 0 Å². The Bertz CT molecular complexity index is 517. The topological polar surface area (TPSA) is 27.7 Å². The minimum Gasteiger partial charge on any atom is -0.370 e. The van der Waals surface area contributed by atoms with Crippen molar-refractivity contribution < 1.29 is 70.4 Å². The van der Waals surface area contributed by atoms with E-state index in [9.17, 15) is 57.1 Å². The highest BCUT2D eigenvalue weighted by Crippen LogP contribution is 2.61. The number of hydrogen-bond donors (Lipinski definition) is 0. The van der Waals surface area contributed by atoms with Crippen LogP contribution in [0.25, 0.3) is 0 Å². The summed E-state index contributed by atoms with van der Waals surface area (Å²) in [6.45, 7) is -0.342. The molecule has 0 unspecified atom stereocenters. The average Bonchev–Trinajstić information content (AvgIpc) is 2.53. The number of rotatable bonds is 11. The Morgan fingerprint density at radius 2 is 0.759 bits per heavy atom. The molecule has 0 heterocycles. The highest BCUT2D eigenvalue weighted by Gasteiger charge is 2.94. The Balaban J connectivity index is 6.74. The van der Waals surface area contributed by atoms with Crippen LogP contribution in [0.4, 0.5) is 57.1 Å². The van der Waals surface area contributed by atoms with Gasteiger partial charge in [-0.2, -0.15) is 57.1 Å². The van der Waals surface area contributed by atoms with Crippen molar-refractivity contribution in [3.05, 3.63) is 0 Å². The van der Waals surface area contributed by atoms with Crippen LogP contribution >= 0.6 is 0 Å². The zero-order valence-corrected chi connectivity index (χ0v) is 15.8. The van der Waals surface area contributed by atoms with Crippen LogP contribution in [0.3, 0.4) is 0 Å². The molecule has 0 aliphatic carbocycles. The van der Waals surface area contributed by atoms with Crippen molar-refractivity contribution in [3.8, 4) is 0 Å². The monoisotopic (exact) mass is 482 g/mol. The van der Waals surface area contributed by atoms with Crippen LogP contribution in [0.15, 0.2) is 0 Å². The third kappa shape index (κ3) is 4.06. The Kier molecular flexibility index (Phi) is 8.14. The van der Waals surface area contributed by atoms with E-state index in [0.29, 0.717) is 0 Å². The summed E-state index contributed by atoms with van der Waals surface area (Å²) < 4.78 is 185. The van der Waals surface area contributed by atoms with Crippen LogP contribution in [0.2, 0.25) is 0 Å². The lowest BCUT2D eigenvalue weighted by Crippen LogP contribution is -2.77. The van der Waals surface area contributed by atoms with Gasteiger partial charge in [0.05, 0.1) is 0 Å². The van der Waals surface area contributed by atoms with Crippen molar-refractivity contribution in [1.29, 1.82) is 0 Å². The molecule has 0 saturated carbocycles. The molecular weight excluding hydrogens is 467 g/mol. The second-order valence-corrected chi connectivity index (χ2v) is 7.83. The lowest BCUT2D eigenvalue weighted by Gasteiger charge is -2.43. The van der Waals surface area contributed by atoms with Gasteiger partial charge in [-0.3, -0.25) is 0 Å². The van der Waals surface area contributed by atoms with Crippen molar-refractivity contribution in [3.63, 3.8) is 0 Å². The molecule has 0 saturated heterocycles. The number of alkyl halides is 13. The molecule has 0 rings (SSSR count). The number of hydrogen-bond acceptors (Lipinski definition) is 3. The quantitative estimate of drug-likeness (QED) is 0.295. The van der Waals surface area contributed by atoms with Crippen LogP contribution in [0.5, 0.6) is 0 Å². The van der Waals surface area contributed by atoms with E-state index in [-0.39, 0.29) is 0 Å². The SMILES string of the molecule is CCO[Si](OCC)(OCC)C(F)(F)C(F)(F)C(F)(F)C(F)(F)C(F)(F)C(F)(F)F.